The van der Waals surface area contributed by atoms with Crippen LogP contribution < -0.4 is 14.4 Å². The van der Waals surface area contributed by atoms with E-state index in [0.29, 0.717) is 17.2 Å². The molecule has 0 radical (unpaired) electrons. The Labute approximate surface area is 173 Å². The summed E-state index contributed by atoms with van der Waals surface area (Å²) in [5, 5.41) is 0. The number of carbonyl (C=O) groups excluding carboxylic acids is 3. The molecule has 1 amide bonds. The second kappa shape index (κ2) is 8.94. The molecule has 2 aromatic rings. The summed E-state index contributed by atoms with van der Waals surface area (Å²) >= 11 is 0. The number of hydrogen-bond donors (Lipinski definition) is 0. The van der Waals surface area contributed by atoms with Gasteiger partial charge in [-0.1, -0.05) is 0 Å². The number of rotatable bonds is 7. The van der Waals surface area contributed by atoms with Gasteiger partial charge in [0.05, 0.1) is 25.8 Å². The minimum Gasteiger partial charge on any atom is -0.497 e. The standard InChI is InChI=1S/C22H22FNO6/c1-13(21(26)14-4-6-16(23)7-5-14)30-22(27)15-10-20(25)24(12-15)18-9-8-17(28-2)11-19(18)29-3/h4-9,11,13,15H,10,12H2,1-3H3/t13-,15-/m0/s1. The molecule has 30 heavy (non-hydrogen) atoms. The molecular formula is C22H22FNO6. The third-order valence-corrected chi connectivity index (χ3v) is 4.93. The monoisotopic (exact) mass is 415 g/mol. The predicted octanol–water partition coefficient (Wildman–Crippen LogP) is 3.01. The van der Waals surface area contributed by atoms with Gasteiger partial charge in [-0.25, -0.2) is 4.39 Å². The number of esters is 1. The molecule has 1 heterocycles. The lowest BCUT2D eigenvalue weighted by Gasteiger charge is -2.20. The van der Waals surface area contributed by atoms with E-state index in [4.69, 9.17) is 14.2 Å². The number of Topliss-reactive ketones (excluding diaryl/α,β-unsaturated/α-hetero) is 1. The summed E-state index contributed by atoms with van der Waals surface area (Å²) in [5.41, 5.74) is 0.762. The molecule has 0 bridgehead atoms. The second-order valence-corrected chi connectivity index (χ2v) is 6.89. The Morgan fingerprint density at radius 3 is 2.43 bits per heavy atom. The van der Waals surface area contributed by atoms with E-state index in [1.165, 1.54) is 38.2 Å². The Hall–Kier alpha value is -3.42. The molecule has 8 heteroatoms. The quantitative estimate of drug-likeness (QED) is 0.511. The van der Waals surface area contributed by atoms with Crippen molar-refractivity contribution in [1.29, 1.82) is 0 Å². The van der Waals surface area contributed by atoms with Crippen molar-refractivity contribution in [2.45, 2.75) is 19.4 Å². The summed E-state index contributed by atoms with van der Waals surface area (Å²) < 4.78 is 28.8. The number of benzene rings is 2. The zero-order chi connectivity index (χ0) is 21.8. The topological polar surface area (TPSA) is 82.1 Å². The van der Waals surface area contributed by atoms with Crippen LogP contribution in [0.2, 0.25) is 0 Å². The molecule has 0 aliphatic carbocycles. The minimum absolute atomic E-state index is 0.0362. The molecule has 158 valence electrons. The van der Waals surface area contributed by atoms with Crippen LogP contribution in [0, 0.1) is 11.7 Å². The zero-order valence-electron chi connectivity index (χ0n) is 16.9. The van der Waals surface area contributed by atoms with Crippen molar-refractivity contribution in [3.05, 3.63) is 53.8 Å². The largest absolute Gasteiger partial charge is 0.497 e. The summed E-state index contributed by atoms with van der Waals surface area (Å²) in [6.45, 7) is 1.56. The number of ether oxygens (including phenoxy) is 3. The third kappa shape index (κ3) is 4.42. The van der Waals surface area contributed by atoms with Gasteiger partial charge in [-0.3, -0.25) is 14.4 Å². The first-order valence-electron chi connectivity index (χ1n) is 9.36. The number of ketones is 1. The van der Waals surface area contributed by atoms with Gasteiger partial charge in [0.2, 0.25) is 11.7 Å². The Balaban J connectivity index is 1.68. The molecule has 3 rings (SSSR count). The van der Waals surface area contributed by atoms with Gasteiger partial charge < -0.3 is 19.1 Å². The van der Waals surface area contributed by atoms with E-state index < -0.39 is 29.6 Å². The molecule has 2 atom stereocenters. The van der Waals surface area contributed by atoms with Gasteiger partial charge in [0.15, 0.2) is 6.10 Å². The summed E-state index contributed by atoms with van der Waals surface area (Å²) in [5.74, 6) is -1.49. The van der Waals surface area contributed by atoms with Crippen molar-refractivity contribution in [1.82, 2.24) is 0 Å². The third-order valence-electron chi connectivity index (χ3n) is 4.93. The molecule has 0 spiro atoms. The van der Waals surface area contributed by atoms with Crippen molar-refractivity contribution in [3.8, 4) is 11.5 Å². The lowest BCUT2D eigenvalue weighted by Crippen LogP contribution is -2.30. The number of amides is 1. The van der Waals surface area contributed by atoms with E-state index >= 15 is 0 Å². The smallest absolute Gasteiger partial charge is 0.312 e. The van der Waals surface area contributed by atoms with Crippen LogP contribution in [0.25, 0.3) is 0 Å². The maximum Gasteiger partial charge on any atom is 0.312 e. The second-order valence-electron chi connectivity index (χ2n) is 6.89. The average molecular weight is 415 g/mol. The molecule has 0 aromatic heterocycles. The van der Waals surface area contributed by atoms with E-state index in [9.17, 15) is 18.8 Å². The number of halogens is 1. The number of carbonyl (C=O) groups is 3. The van der Waals surface area contributed by atoms with Crippen molar-refractivity contribution in [2.24, 2.45) is 5.92 Å². The fourth-order valence-corrected chi connectivity index (χ4v) is 3.28. The van der Waals surface area contributed by atoms with Crippen LogP contribution in [0.4, 0.5) is 10.1 Å². The first-order valence-corrected chi connectivity index (χ1v) is 9.36. The molecule has 7 nitrogen and oxygen atoms in total. The molecule has 2 aromatic carbocycles. The number of hydrogen-bond acceptors (Lipinski definition) is 6. The van der Waals surface area contributed by atoms with Crippen molar-refractivity contribution >= 4 is 23.3 Å². The van der Waals surface area contributed by atoms with Gasteiger partial charge in [-0.15, -0.1) is 0 Å². The van der Waals surface area contributed by atoms with E-state index in [-0.39, 0.29) is 24.4 Å². The Kier molecular flexibility index (Phi) is 6.34. The van der Waals surface area contributed by atoms with Crippen LogP contribution >= 0.6 is 0 Å². The highest BCUT2D eigenvalue weighted by Crippen LogP contribution is 2.36. The van der Waals surface area contributed by atoms with Crippen LogP contribution in [0.3, 0.4) is 0 Å². The maximum atomic E-state index is 13.0. The fourth-order valence-electron chi connectivity index (χ4n) is 3.28. The molecule has 0 unspecified atom stereocenters. The van der Waals surface area contributed by atoms with Crippen molar-refractivity contribution in [3.63, 3.8) is 0 Å². The molecular weight excluding hydrogens is 393 g/mol. The Bertz CT molecular complexity index is 959. The van der Waals surface area contributed by atoms with Crippen molar-refractivity contribution in [2.75, 3.05) is 25.7 Å². The van der Waals surface area contributed by atoms with Gasteiger partial charge in [0.25, 0.3) is 0 Å². The average Bonchev–Trinajstić information content (AvgIpc) is 3.14. The van der Waals surface area contributed by atoms with Gasteiger partial charge in [-0.05, 0) is 43.3 Å². The molecule has 1 saturated heterocycles. The lowest BCUT2D eigenvalue weighted by molar-refractivity contribution is -0.151. The zero-order valence-corrected chi connectivity index (χ0v) is 16.9. The molecule has 0 N–H and O–H groups in total. The highest BCUT2D eigenvalue weighted by atomic mass is 19.1. The number of nitrogens with zero attached hydrogens (tertiary/aromatic N) is 1. The highest BCUT2D eigenvalue weighted by Gasteiger charge is 2.38. The van der Waals surface area contributed by atoms with Crippen molar-refractivity contribution < 1.29 is 33.0 Å². The Morgan fingerprint density at radius 2 is 1.80 bits per heavy atom. The molecule has 1 aliphatic heterocycles. The SMILES string of the molecule is COc1ccc(N2C[C@@H](C(=O)O[C@@H](C)C(=O)c3ccc(F)cc3)CC2=O)c(OC)c1. The minimum atomic E-state index is -1.05. The molecule has 0 saturated carbocycles. The maximum absolute atomic E-state index is 13.0. The van der Waals surface area contributed by atoms with E-state index in [0.717, 1.165) is 12.1 Å². The van der Waals surface area contributed by atoms with Gasteiger partial charge in [0.1, 0.15) is 17.3 Å². The molecule has 1 aliphatic rings. The van der Waals surface area contributed by atoms with Crippen LogP contribution in [0.5, 0.6) is 11.5 Å². The van der Waals surface area contributed by atoms with Crippen LogP contribution in [-0.2, 0) is 14.3 Å². The summed E-state index contributed by atoms with van der Waals surface area (Å²) in [4.78, 5) is 38.9. The number of anilines is 1. The summed E-state index contributed by atoms with van der Waals surface area (Å²) in [6, 6.07) is 10.0. The van der Waals surface area contributed by atoms with Gasteiger partial charge in [0, 0.05) is 24.6 Å². The van der Waals surface area contributed by atoms with Gasteiger partial charge in [-0.2, -0.15) is 0 Å². The summed E-state index contributed by atoms with van der Waals surface area (Å²) in [7, 11) is 3.00. The first kappa shape index (κ1) is 21.3. The van der Waals surface area contributed by atoms with E-state index in [2.05, 4.69) is 0 Å². The summed E-state index contributed by atoms with van der Waals surface area (Å²) in [6.07, 6.45) is -1.09. The highest BCUT2D eigenvalue weighted by molar-refractivity contribution is 6.02. The van der Waals surface area contributed by atoms with E-state index in [1.54, 1.807) is 18.2 Å². The molecule has 1 fully saturated rings. The van der Waals surface area contributed by atoms with E-state index in [1.807, 2.05) is 0 Å². The fraction of sp³-hybridized carbons (Fsp3) is 0.318. The van der Waals surface area contributed by atoms with Crippen LogP contribution in [0.15, 0.2) is 42.5 Å². The Morgan fingerprint density at radius 1 is 1.10 bits per heavy atom. The first-order chi connectivity index (χ1) is 14.3. The predicted molar refractivity (Wildman–Crippen MR) is 106 cm³/mol. The normalized spacial score (nSPS) is 16.9. The van der Waals surface area contributed by atoms with Crippen LogP contribution in [0.1, 0.15) is 23.7 Å². The number of methoxy groups -OCH3 is 2. The van der Waals surface area contributed by atoms with Crippen LogP contribution in [-0.4, -0.2) is 44.5 Å². The van der Waals surface area contributed by atoms with Gasteiger partial charge >= 0.3 is 5.97 Å². The lowest BCUT2D eigenvalue weighted by atomic mass is 10.1.